The molecule has 4 aliphatic heterocycles. The van der Waals surface area contributed by atoms with Crippen molar-refractivity contribution in [3.8, 4) is 0 Å². The maximum absolute atomic E-state index is 4.82. The van der Waals surface area contributed by atoms with E-state index in [-0.39, 0.29) is 139 Å². The third kappa shape index (κ3) is 20.0. The van der Waals surface area contributed by atoms with Gasteiger partial charge in [-0.25, -0.2) is 0 Å². The van der Waals surface area contributed by atoms with Gasteiger partial charge in [-0.2, -0.15) is 0 Å². The van der Waals surface area contributed by atoms with Gasteiger partial charge in [0.15, 0.2) is 0 Å². The van der Waals surface area contributed by atoms with E-state index in [0.717, 1.165) is 67.8 Å². The maximum atomic E-state index is 4.82. The van der Waals surface area contributed by atoms with Gasteiger partial charge >= 0.3 is 34.1 Å². The van der Waals surface area contributed by atoms with Crippen LogP contribution < -0.4 is 21.3 Å². The van der Waals surface area contributed by atoms with Crippen molar-refractivity contribution in [1.29, 1.82) is 0 Å². The smallest absolute Gasteiger partial charge is 0.660 e. The Bertz CT molecular complexity index is 2060. The molecule has 18 N–H and O–H groups in total. The van der Waals surface area contributed by atoms with Crippen LogP contribution in [-0.4, -0.2) is 38.3 Å². The number of hydrogen-bond acceptors (Lipinski definition) is 4. The average Bonchev–Trinajstić information content (AvgIpc) is 4.11. The zero-order valence-electron chi connectivity index (χ0n) is 42.6. The Hall–Kier alpha value is -4.14. The van der Waals surface area contributed by atoms with E-state index in [1.54, 1.807) is 0 Å². The van der Waals surface area contributed by atoms with E-state index in [0.29, 0.717) is 0 Å². The Morgan fingerprint density at radius 3 is 0.662 bits per heavy atom. The topological polar surface area (TPSA) is 325 Å². The fourth-order valence-electron chi connectivity index (χ4n) is 7.22. The van der Waals surface area contributed by atoms with E-state index in [2.05, 4.69) is 170 Å². The van der Waals surface area contributed by atoms with Crippen LogP contribution in [0.1, 0.15) is 125 Å². The van der Waals surface area contributed by atoms with Crippen molar-refractivity contribution in [2.24, 2.45) is 0 Å². The van der Waals surface area contributed by atoms with Gasteiger partial charge in [0.25, 0.3) is 0 Å². The van der Waals surface area contributed by atoms with E-state index in [1.807, 2.05) is 55.4 Å². The summed E-state index contributed by atoms with van der Waals surface area (Å²) < 4.78 is 0. The quantitative estimate of drug-likeness (QED) is 0.125. The Balaban J connectivity index is -0.000000178. The second-order valence-electron chi connectivity index (χ2n) is 14.1. The van der Waals surface area contributed by atoms with E-state index < -0.39 is 0 Å². The maximum Gasteiger partial charge on any atom is 2.00 e. The molecule has 402 valence electrons. The first-order chi connectivity index (χ1) is 29.3. The van der Waals surface area contributed by atoms with E-state index in [9.17, 15) is 0 Å². The average molecular weight is 1250 g/mol. The first-order valence-electron chi connectivity index (χ1n) is 21.8. The summed E-state index contributed by atoms with van der Waals surface area (Å²) in [7, 11) is 0. The number of aryl methyl sites for hydroxylation is 4. The van der Waals surface area contributed by atoms with Crippen molar-refractivity contribution >= 4 is 45.5 Å². The fourth-order valence-corrected chi connectivity index (χ4v) is 7.22. The summed E-state index contributed by atoms with van der Waals surface area (Å²) in [5, 5.41) is 33.3. The molecular formula is C52H78Cu2Mo2N8O7. The molecule has 0 bridgehead atoms. The van der Waals surface area contributed by atoms with Crippen molar-refractivity contribution in [2.75, 3.05) is 21.3 Å². The number of benzene rings is 6. The summed E-state index contributed by atoms with van der Waals surface area (Å²) in [6, 6.07) is 42.3. The van der Waals surface area contributed by atoms with Crippen LogP contribution >= 0.6 is 0 Å². The first-order valence-corrected chi connectivity index (χ1v) is 21.8. The van der Waals surface area contributed by atoms with Gasteiger partial charge < -0.3 is 80.9 Å². The summed E-state index contributed by atoms with van der Waals surface area (Å²) in [5.41, 5.74) is 18.1. The summed E-state index contributed by atoms with van der Waals surface area (Å²) in [5.74, 6) is 0. The van der Waals surface area contributed by atoms with Gasteiger partial charge in [0.2, 0.25) is 0 Å². The van der Waals surface area contributed by atoms with Crippen molar-refractivity contribution in [3.63, 3.8) is 0 Å². The van der Waals surface area contributed by atoms with Crippen LogP contribution in [0.5, 0.6) is 0 Å². The van der Waals surface area contributed by atoms with Gasteiger partial charge in [-0.1, -0.05) is 152 Å². The van der Waals surface area contributed by atoms with E-state index in [1.165, 1.54) is 22.3 Å². The molecule has 0 saturated carbocycles. The number of anilines is 4. The molecule has 0 aliphatic carbocycles. The van der Waals surface area contributed by atoms with E-state index >= 15 is 0 Å². The molecule has 4 heterocycles. The van der Waals surface area contributed by atoms with Gasteiger partial charge in [-0.15, -0.1) is 22.7 Å². The minimum atomic E-state index is -0.0437. The summed E-state index contributed by atoms with van der Waals surface area (Å²) in [6.45, 7) is 24.4. The second-order valence-corrected chi connectivity index (χ2v) is 14.1. The van der Waals surface area contributed by atoms with E-state index in [4.69, 9.17) is 21.3 Å². The molecule has 6 aromatic rings. The molecule has 0 spiro atoms. The molecular weight excluding hydrogens is 1170 g/mol. The van der Waals surface area contributed by atoms with Crippen molar-refractivity contribution in [3.05, 3.63) is 187 Å². The molecule has 4 atom stereocenters. The van der Waals surface area contributed by atoms with Gasteiger partial charge in [0.05, 0.1) is 0 Å². The molecule has 0 amide bonds. The predicted octanol–water partition coefficient (Wildman–Crippen LogP) is 11.4. The second kappa shape index (κ2) is 39.4. The van der Waals surface area contributed by atoms with Crippen LogP contribution in [0.25, 0.3) is 21.3 Å². The first kappa shape index (κ1) is 80.9. The molecule has 6 aromatic carbocycles. The number of nitrogens with one attached hydrogen (secondary N) is 4. The monoisotopic (exact) mass is 1250 g/mol. The molecule has 71 heavy (non-hydrogen) atoms. The third-order valence-electron chi connectivity index (χ3n) is 9.93. The molecule has 0 fully saturated rings. The van der Waals surface area contributed by atoms with Crippen LogP contribution in [0.2, 0.25) is 0 Å². The Labute approximate surface area is 472 Å². The largest absolute Gasteiger partial charge is 2.00 e. The molecule has 4 aliphatic rings. The summed E-state index contributed by atoms with van der Waals surface area (Å²) >= 11 is 0. The normalized spacial score (nSPS) is 14.7. The minimum absolute atomic E-state index is 0. The van der Waals surface area contributed by atoms with Crippen LogP contribution in [-0.2, 0) is 76.3 Å². The third-order valence-corrected chi connectivity index (χ3v) is 9.93. The number of rotatable bonds is 4. The molecule has 0 aromatic heterocycles. The van der Waals surface area contributed by atoms with Gasteiger partial charge in [-0.3, -0.25) is 0 Å². The zero-order chi connectivity index (χ0) is 43.3. The molecule has 19 heteroatoms. The SMILES string of the molecule is CC.CC.CC.CC.Cc1ccc2c(c1)NC(c1cccc(C3[N-]c4ccc(C)cc4N3)c1)[N-]2.Cc1ccc2c(c1)NC(c1cccc(C3[N-]c4ccc(C)cc4N3)c1)[N-]2.O.O.O.O.O.O.O.[Cu+2].[Cu+2].[Mo].[Mo]. The van der Waals surface area contributed by atoms with Crippen LogP contribution in [0, 0.1) is 27.7 Å². The Morgan fingerprint density at radius 2 is 0.479 bits per heavy atom. The zero-order valence-corrected chi connectivity index (χ0v) is 48.5. The van der Waals surface area contributed by atoms with Crippen molar-refractivity contribution < 1.29 is 115 Å². The van der Waals surface area contributed by atoms with Crippen molar-refractivity contribution in [1.82, 2.24) is 0 Å². The van der Waals surface area contributed by atoms with Crippen LogP contribution in [0.4, 0.5) is 45.5 Å². The van der Waals surface area contributed by atoms with Crippen molar-refractivity contribution in [2.45, 2.75) is 108 Å². The molecule has 10 rings (SSSR count). The molecule has 15 nitrogen and oxygen atoms in total. The fraction of sp³-hybridized carbons (Fsp3) is 0.308. The predicted molar refractivity (Wildman–Crippen MR) is 286 cm³/mol. The Morgan fingerprint density at radius 1 is 0.296 bits per heavy atom. The summed E-state index contributed by atoms with van der Waals surface area (Å²) in [4.78, 5) is 0. The van der Waals surface area contributed by atoms with Gasteiger partial charge in [0.1, 0.15) is 0 Å². The Kier molecular flexibility index (Phi) is 44.9. The molecule has 0 saturated heterocycles. The minimum Gasteiger partial charge on any atom is -0.660 e. The molecule has 2 radical (unpaired) electrons. The molecule has 4 unspecified atom stereocenters. The van der Waals surface area contributed by atoms with Crippen LogP contribution in [0.15, 0.2) is 121 Å². The summed E-state index contributed by atoms with van der Waals surface area (Å²) in [6.07, 6.45) is -0.175. The van der Waals surface area contributed by atoms with Gasteiger partial charge in [0, 0.05) is 64.9 Å². The van der Waals surface area contributed by atoms with Crippen LogP contribution in [0.3, 0.4) is 0 Å². The van der Waals surface area contributed by atoms with Gasteiger partial charge in [-0.05, 0) is 121 Å². The number of nitrogens with zero attached hydrogens (tertiary/aromatic N) is 4. The number of fused-ring (bicyclic) bond motifs is 4. The number of hydrogen-bond donors (Lipinski definition) is 4. The standard InChI is InChI=1S/2C22H20N4.4C2H6.2Cu.2Mo.7H2O/c2*1-13-6-8-17-19(10-13)25-21(23-17)15-4-3-5-16(12-15)22-24-18-9-7-14(2)11-20(18)26-22;4*1-2;;;;;;;;;;;/h2*3-12,21-22,25-26H,1-2H3;4*1-2H3;;;;;7*1H2/q2*-2;;;;;2*+2;;;;;;;;;.